The van der Waals surface area contributed by atoms with E-state index in [1.54, 1.807) is 17.9 Å². The van der Waals surface area contributed by atoms with E-state index < -0.39 is 0 Å². The number of amides is 2. The minimum absolute atomic E-state index is 0.0307. The Morgan fingerprint density at radius 2 is 2.20 bits per heavy atom. The molecule has 6 heteroatoms. The Hall–Kier alpha value is -2.63. The topological polar surface area (TPSA) is 75.4 Å². The number of hydrogen-bond acceptors (Lipinski definition) is 4. The molecule has 0 fully saturated rings. The van der Waals surface area contributed by atoms with Crippen molar-refractivity contribution in [3.63, 3.8) is 0 Å². The summed E-state index contributed by atoms with van der Waals surface area (Å²) in [5, 5.41) is 6.33. The summed E-state index contributed by atoms with van der Waals surface area (Å²) in [5.41, 5.74) is 2.88. The normalized spacial score (nSPS) is 13.2. The summed E-state index contributed by atoms with van der Waals surface area (Å²) in [5.74, 6) is -0.289. The number of nitrogens with one attached hydrogen (secondary N) is 1. The smallest absolute Gasteiger partial charge is 0.277 e. The summed E-state index contributed by atoms with van der Waals surface area (Å²) < 4.78 is 4.63. The molecular formula is C14H13N3O3. The number of rotatable bonds is 2. The maximum Gasteiger partial charge on any atom is 0.277 e. The largest absolute Gasteiger partial charge is 0.364 e. The highest BCUT2D eigenvalue weighted by Crippen LogP contribution is 2.30. The van der Waals surface area contributed by atoms with Gasteiger partial charge in [0, 0.05) is 30.9 Å². The molecule has 6 nitrogen and oxygen atoms in total. The van der Waals surface area contributed by atoms with Crippen molar-refractivity contribution in [3.05, 3.63) is 41.8 Å². The summed E-state index contributed by atoms with van der Waals surface area (Å²) in [4.78, 5) is 25.0. The zero-order valence-corrected chi connectivity index (χ0v) is 10.9. The lowest BCUT2D eigenvalue weighted by molar-refractivity contribution is -0.116. The molecule has 1 aliphatic heterocycles. The van der Waals surface area contributed by atoms with Gasteiger partial charge in [0.15, 0.2) is 5.69 Å². The van der Waals surface area contributed by atoms with Crippen molar-refractivity contribution in [1.29, 1.82) is 0 Å². The second-order valence-corrected chi connectivity index (χ2v) is 4.60. The summed E-state index contributed by atoms with van der Waals surface area (Å²) >= 11 is 0. The number of carbonyl (C=O) groups excluding carboxylic acids is 2. The van der Waals surface area contributed by atoms with Gasteiger partial charge < -0.3 is 14.7 Å². The van der Waals surface area contributed by atoms with Gasteiger partial charge in [-0.25, -0.2) is 0 Å². The van der Waals surface area contributed by atoms with Crippen LogP contribution in [0.4, 0.5) is 11.4 Å². The van der Waals surface area contributed by atoms with Crippen LogP contribution in [0.5, 0.6) is 0 Å². The van der Waals surface area contributed by atoms with Crippen LogP contribution in [0.3, 0.4) is 0 Å². The zero-order valence-electron chi connectivity index (χ0n) is 10.9. The Morgan fingerprint density at radius 3 is 2.90 bits per heavy atom. The molecule has 102 valence electrons. The number of nitrogens with zero attached hydrogens (tertiary/aromatic N) is 2. The molecule has 1 aromatic carbocycles. The average molecular weight is 271 g/mol. The first kappa shape index (κ1) is 12.4. The fourth-order valence-corrected chi connectivity index (χ4v) is 2.33. The van der Waals surface area contributed by atoms with Crippen molar-refractivity contribution < 1.29 is 14.1 Å². The third-order valence-electron chi connectivity index (χ3n) is 3.28. The number of anilines is 2. The van der Waals surface area contributed by atoms with Gasteiger partial charge in [-0.1, -0.05) is 5.16 Å². The minimum atomic E-state index is -0.319. The van der Waals surface area contributed by atoms with E-state index in [0.29, 0.717) is 12.2 Å². The van der Waals surface area contributed by atoms with Crippen molar-refractivity contribution in [2.24, 2.45) is 0 Å². The van der Waals surface area contributed by atoms with E-state index in [-0.39, 0.29) is 17.5 Å². The molecule has 3 rings (SSSR count). The standard InChI is InChI=1S/C14H13N3O3/c1-9(18)17-6-4-10-8-11(2-3-13(10)17)15-14(19)12-5-7-20-16-12/h2-3,5,7-8H,4,6H2,1H3,(H,15,19). The first-order valence-corrected chi connectivity index (χ1v) is 6.28. The van der Waals surface area contributed by atoms with Gasteiger partial charge >= 0.3 is 0 Å². The van der Waals surface area contributed by atoms with Crippen molar-refractivity contribution in [2.45, 2.75) is 13.3 Å². The van der Waals surface area contributed by atoms with Crippen LogP contribution < -0.4 is 10.2 Å². The van der Waals surface area contributed by atoms with Crippen LogP contribution in [0.25, 0.3) is 0 Å². The highest BCUT2D eigenvalue weighted by atomic mass is 16.5. The van der Waals surface area contributed by atoms with Gasteiger partial charge in [-0.3, -0.25) is 9.59 Å². The number of benzene rings is 1. The molecule has 20 heavy (non-hydrogen) atoms. The van der Waals surface area contributed by atoms with Crippen molar-refractivity contribution >= 4 is 23.2 Å². The van der Waals surface area contributed by atoms with E-state index in [9.17, 15) is 9.59 Å². The van der Waals surface area contributed by atoms with E-state index in [1.807, 2.05) is 12.1 Å². The number of fused-ring (bicyclic) bond motifs is 1. The molecular weight excluding hydrogens is 258 g/mol. The molecule has 0 spiro atoms. The lowest BCUT2D eigenvalue weighted by atomic mass is 10.1. The van der Waals surface area contributed by atoms with E-state index in [2.05, 4.69) is 15.0 Å². The molecule has 2 aromatic rings. The van der Waals surface area contributed by atoms with E-state index in [4.69, 9.17) is 0 Å². The Balaban J connectivity index is 1.80. The number of hydrogen-bond donors (Lipinski definition) is 1. The predicted octanol–water partition coefficient (Wildman–Crippen LogP) is 1.84. The molecule has 2 heterocycles. The molecule has 0 aliphatic carbocycles. The number of carbonyl (C=O) groups is 2. The number of aromatic nitrogens is 1. The van der Waals surface area contributed by atoms with E-state index in [1.165, 1.54) is 12.3 Å². The SMILES string of the molecule is CC(=O)N1CCc2cc(NC(=O)c3ccon3)ccc21. The quantitative estimate of drug-likeness (QED) is 0.904. The van der Waals surface area contributed by atoms with Crippen molar-refractivity contribution in [1.82, 2.24) is 5.16 Å². The lowest BCUT2D eigenvalue weighted by Gasteiger charge is -2.14. The molecule has 1 aliphatic rings. The van der Waals surface area contributed by atoms with Crippen LogP contribution in [0.1, 0.15) is 23.0 Å². The van der Waals surface area contributed by atoms with Gasteiger partial charge in [0.25, 0.3) is 5.91 Å². The predicted molar refractivity (Wildman–Crippen MR) is 72.6 cm³/mol. The van der Waals surface area contributed by atoms with Crippen LogP contribution >= 0.6 is 0 Å². The Labute approximate surface area is 115 Å². The molecule has 1 N–H and O–H groups in total. The van der Waals surface area contributed by atoms with E-state index in [0.717, 1.165) is 17.7 Å². The second-order valence-electron chi connectivity index (χ2n) is 4.60. The zero-order chi connectivity index (χ0) is 14.1. The molecule has 1 aromatic heterocycles. The van der Waals surface area contributed by atoms with Gasteiger partial charge in [0.05, 0.1) is 0 Å². The fourth-order valence-electron chi connectivity index (χ4n) is 2.33. The van der Waals surface area contributed by atoms with Crippen LogP contribution in [0.2, 0.25) is 0 Å². The minimum Gasteiger partial charge on any atom is -0.364 e. The Bertz CT molecular complexity index is 664. The maximum atomic E-state index is 11.8. The van der Waals surface area contributed by atoms with Gasteiger partial charge in [0.2, 0.25) is 5.91 Å². The monoisotopic (exact) mass is 271 g/mol. The maximum absolute atomic E-state index is 11.8. The highest BCUT2D eigenvalue weighted by Gasteiger charge is 2.22. The van der Waals surface area contributed by atoms with Crippen LogP contribution in [0.15, 0.2) is 35.1 Å². The summed E-state index contributed by atoms with van der Waals surface area (Å²) in [6.07, 6.45) is 2.14. The van der Waals surface area contributed by atoms with Gasteiger partial charge in [-0.15, -0.1) is 0 Å². The third kappa shape index (κ3) is 2.16. The van der Waals surface area contributed by atoms with Crippen molar-refractivity contribution in [3.8, 4) is 0 Å². The Kier molecular flexibility index (Phi) is 2.98. The lowest BCUT2D eigenvalue weighted by Crippen LogP contribution is -2.25. The molecule has 2 amide bonds. The highest BCUT2D eigenvalue weighted by molar-refractivity contribution is 6.03. The molecule has 0 bridgehead atoms. The van der Waals surface area contributed by atoms with Crippen molar-refractivity contribution in [2.75, 3.05) is 16.8 Å². The van der Waals surface area contributed by atoms with Gasteiger partial charge in [0.1, 0.15) is 6.26 Å². The van der Waals surface area contributed by atoms with Crippen LogP contribution in [0, 0.1) is 0 Å². The van der Waals surface area contributed by atoms with E-state index >= 15 is 0 Å². The molecule has 0 radical (unpaired) electrons. The molecule has 0 atom stereocenters. The fraction of sp³-hybridized carbons (Fsp3) is 0.214. The summed E-state index contributed by atoms with van der Waals surface area (Å²) in [6.45, 7) is 2.24. The molecule has 0 unspecified atom stereocenters. The molecule has 0 saturated carbocycles. The summed E-state index contributed by atoms with van der Waals surface area (Å²) in [7, 11) is 0. The first-order chi connectivity index (χ1) is 9.65. The van der Waals surface area contributed by atoms with Gasteiger partial charge in [-0.05, 0) is 30.2 Å². The van der Waals surface area contributed by atoms with Gasteiger partial charge in [-0.2, -0.15) is 0 Å². The summed E-state index contributed by atoms with van der Waals surface area (Å²) in [6, 6.07) is 7.01. The average Bonchev–Trinajstić information content (AvgIpc) is 3.07. The van der Waals surface area contributed by atoms with Crippen LogP contribution in [-0.4, -0.2) is 23.5 Å². The third-order valence-corrected chi connectivity index (χ3v) is 3.28. The first-order valence-electron chi connectivity index (χ1n) is 6.28. The second kappa shape index (κ2) is 4.80. The Morgan fingerprint density at radius 1 is 1.35 bits per heavy atom. The van der Waals surface area contributed by atoms with Crippen LogP contribution in [-0.2, 0) is 11.2 Å². The molecule has 0 saturated heterocycles.